The van der Waals surface area contributed by atoms with Crippen molar-refractivity contribution in [3.8, 4) is 11.5 Å². The van der Waals surface area contributed by atoms with Gasteiger partial charge in [0, 0.05) is 12.6 Å². The Morgan fingerprint density at radius 2 is 2.00 bits per heavy atom. The minimum atomic E-state index is -0.570. The van der Waals surface area contributed by atoms with Gasteiger partial charge < -0.3 is 20.1 Å². The second kappa shape index (κ2) is 8.22. The molecule has 0 fully saturated rings. The molecule has 0 radical (unpaired) electrons. The Kier molecular flexibility index (Phi) is 6.02. The van der Waals surface area contributed by atoms with Crippen LogP contribution in [0.1, 0.15) is 25.8 Å². The van der Waals surface area contributed by atoms with Crippen molar-refractivity contribution in [2.24, 2.45) is 0 Å². The van der Waals surface area contributed by atoms with Crippen LogP contribution in [0.2, 0.25) is 0 Å². The van der Waals surface area contributed by atoms with Gasteiger partial charge in [0.05, 0.1) is 0 Å². The maximum atomic E-state index is 11.9. The van der Waals surface area contributed by atoms with Crippen LogP contribution in [-0.4, -0.2) is 37.6 Å². The van der Waals surface area contributed by atoms with Gasteiger partial charge in [0.15, 0.2) is 11.5 Å². The summed E-state index contributed by atoms with van der Waals surface area (Å²) in [7, 11) is 0. The first-order chi connectivity index (χ1) is 11.1. The van der Waals surface area contributed by atoms with Gasteiger partial charge >= 0.3 is 0 Å². The number of nitrogens with one attached hydrogen (secondary N) is 2. The number of rotatable bonds is 6. The van der Waals surface area contributed by atoms with E-state index in [1.807, 2.05) is 25.1 Å². The van der Waals surface area contributed by atoms with Gasteiger partial charge in [-0.15, -0.1) is 0 Å². The predicted octanol–water partition coefficient (Wildman–Crippen LogP) is 1.50. The fourth-order valence-electron chi connectivity index (χ4n) is 2.06. The Morgan fingerprint density at radius 1 is 1.26 bits per heavy atom. The van der Waals surface area contributed by atoms with Gasteiger partial charge in [0.1, 0.15) is 19.3 Å². The van der Waals surface area contributed by atoms with Gasteiger partial charge in [-0.25, -0.2) is 0 Å². The molecule has 2 rings (SSSR count). The van der Waals surface area contributed by atoms with Crippen molar-refractivity contribution in [1.29, 1.82) is 0 Å². The van der Waals surface area contributed by atoms with Gasteiger partial charge in [-0.05, 0) is 37.1 Å². The van der Waals surface area contributed by atoms with Crippen LogP contribution in [0.4, 0.5) is 0 Å². The number of hydrogen-bond acceptors (Lipinski definition) is 4. The number of ether oxygens (including phenoxy) is 2. The summed E-state index contributed by atoms with van der Waals surface area (Å²) in [5, 5.41) is 5.36. The summed E-state index contributed by atoms with van der Waals surface area (Å²) in [6, 6.07) is 4.90. The molecule has 6 heteroatoms. The summed E-state index contributed by atoms with van der Waals surface area (Å²) in [5.41, 5.74) is 0.826. The molecule has 0 bridgehead atoms. The first-order valence-corrected chi connectivity index (χ1v) is 7.76. The lowest BCUT2D eigenvalue weighted by Crippen LogP contribution is -2.44. The molecule has 2 N–H and O–H groups in total. The van der Waals surface area contributed by atoms with Gasteiger partial charge in [-0.3, -0.25) is 9.59 Å². The average Bonchev–Trinajstić information content (AvgIpc) is 2.57. The zero-order valence-corrected chi connectivity index (χ0v) is 13.4. The predicted molar refractivity (Wildman–Crippen MR) is 87.4 cm³/mol. The Hall–Kier alpha value is -2.50. The molecule has 1 aromatic rings. The highest BCUT2D eigenvalue weighted by Gasteiger charge is 2.13. The molecule has 1 aliphatic heterocycles. The standard InChI is InChI=1S/C17H22N2O4/c1-3-8-18-17(21)12(2)19-16(20)7-5-13-4-6-14-15(11-13)23-10-9-22-14/h4-7,11-12H,3,8-10H2,1-2H3,(H,18,21)(H,19,20)/b7-5+/t12-/m0/s1. The third-order valence-electron chi connectivity index (χ3n) is 3.29. The van der Waals surface area contributed by atoms with Crippen LogP contribution in [0.3, 0.4) is 0 Å². The SMILES string of the molecule is CCCNC(=O)[C@H](C)NC(=O)/C=C/c1ccc2c(c1)OCCO2. The normalized spacial score (nSPS) is 14.3. The molecule has 0 spiro atoms. The number of carbonyl (C=O) groups is 2. The lowest BCUT2D eigenvalue weighted by atomic mass is 10.1. The number of fused-ring (bicyclic) bond motifs is 1. The van der Waals surface area contributed by atoms with Crippen molar-refractivity contribution in [2.75, 3.05) is 19.8 Å². The van der Waals surface area contributed by atoms with E-state index in [0.717, 1.165) is 12.0 Å². The van der Waals surface area contributed by atoms with Gasteiger partial charge in [-0.1, -0.05) is 13.0 Å². The summed E-state index contributed by atoms with van der Waals surface area (Å²) >= 11 is 0. The summed E-state index contributed by atoms with van der Waals surface area (Å²) in [4.78, 5) is 23.6. The molecule has 2 amide bonds. The van der Waals surface area contributed by atoms with Crippen molar-refractivity contribution in [1.82, 2.24) is 10.6 Å². The zero-order valence-electron chi connectivity index (χ0n) is 13.4. The van der Waals surface area contributed by atoms with Gasteiger partial charge in [0.2, 0.25) is 11.8 Å². The van der Waals surface area contributed by atoms with E-state index in [0.29, 0.717) is 31.3 Å². The van der Waals surface area contributed by atoms with E-state index in [9.17, 15) is 9.59 Å². The second-order valence-electron chi connectivity index (χ2n) is 5.26. The fourth-order valence-corrected chi connectivity index (χ4v) is 2.06. The Morgan fingerprint density at radius 3 is 2.74 bits per heavy atom. The van der Waals surface area contributed by atoms with Crippen molar-refractivity contribution in [3.05, 3.63) is 29.8 Å². The van der Waals surface area contributed by atoms with E-state index in [1.54, 1.807) is 13.0 Å². The summed E-state index contributed by atoms with van der Waals surface area (Å²) in [6.45, 7) is 5.29. The number of hydrogen-bond donors (Lipinski definition) is 2. The molecule has 1 atom stereocenters. The van der Waals surface area contributed by atoms with Crippen molar-refractivity contribution in [2.45, 2.75) is 26.3 Å². The molecule has 124 valence electrons. The van der Waals surface area contributed by atoms with E-state index in [2.05, 4.69) is 10.6 Å². The Balaban J connectivity index is 1.89. The number of amides is 2. The van der Waals surface area contributed by atoms with E-state index >= 15 is 0 Å². The van der Waals surface area contributed by atoms with Crippen LogP contribution in [0.15, 0.2) is 24.3 Å². The third kappa shape index (κ3) is 5.02. The minimum absolute atomic E-state index is 0.187. The molecule has 6 nitrogen and oxygen atoms in total. The zero-order chi connectivity index (χ0) is 16.7. The first-order valence-electron chi connectivity index (χ1n) is 7.76. The van der Waals surface area contributed by atoms with E-state index < -0.39 is 6.04 Å². The van der Waals surface area contributed by atoms with Crippen LogP contribution in [-0.2, 0) is 9.59 Å². The molecule has 0 aliphatic carbocycles. The largest absolute Gasteiger partial charge is 0.486 e. The lowest BCUT2D eigenvalue weighted by Gasteiger charge is -2.18. The van der Waals surface area contributed by atoms with Crippen LogP contribution >= 0.6 is 0 Å². The highest BCUT2D eigenvalue weighted by atomic mass is 16.6. The maximum Gasteiger partial charge on any atom is 0.244 e. The Bertz CT molecular complexity index is 598. The van der Waals surface area contributed by atoms with Crippen molar-refractivity contribution >= 4 is 17.9 Å². The molecule has 0 unspecified atom stereocenters. The molecule has 0 aromatic heterocycles. The average molecular weight is 318 g/mol. The van der Waals surface area contributed by atoms with Gasteiger partial charge in [0.25, 0.3) is 0 Å². The molecule has 1 aromatic carbocycles. The van der Waals surface area contributed by atoms with E-state index in [1.165, 1.54) is 6.08 Å². The molecular weight excluding hydrogens is 296 g/mol. The molecule has 0 saturated heterocycles. The van der Waals surface area contributed by atoms with E-state index in [-0.39, 0.29) is 11.8 Å². The highest BCUT2D eigenvalue weighted by Crippen LogP contribution is 2.30. The topological polar surface area (TPSA) is 76.7 Å². The molecule has 1 aliphatic rings. The quantitative estimate of drug-likeness (QED) is 0.779. The number of benzene rings is 1. The maximum absolute atomic E-state index is 11.9. The second-order valence-corrected chi connectivity index (χ2v) is 5.26. The highest BCUT2D eigenvalue weighted by molar-refractivity contribution is 5.95. The molecule has 23 heavy (non-hydrogen) atoms. The van der Waals surface area contributed by atoms with Crippen LogP contribution in [0.25, 0.3) is 6.08 Å². The summed E-state index contributed by atoms with van der Waals surface area (Å²) in [5.74, 6) is 0.872. The molecule has 1 heterocycles. The Labute approximate surface area is 135 Å². The van der Waals surface area contributed by atoms with E-state index in [4.69, 9.17) is 9.47 Å². The smallest absolute Gasteiger partial charge is 0.244 e. The summed E-state index contributed by atoms with van der Waals surface area (Å²) in [6.07, 6.45) is 3.93. The van der Waals surface area contributed by atoms with Crippen molar-refractivity contribution < 1.29 is 19.1 Å². The fraction of sp³-hybridized carbons (Fsp3) is 0.412. The monoisotopic (exact) mass is 318 g/mol. The van der Waals surface area contributed by atoms with Gasteiger partial charge in [-0.2, -0.15) is 0 Å². The lowest BCUT2D eigenvalue weighted by molar-refractivity contribution is -0.126. The molecular formula is C17H22N2O4. The number of carbonyl (C=O) groups excluding carboxylic acids is 2. The van der Waals surface area contributed by atoms with Crippen LogP contribution in [0, 0.1) is 0 Å². The van der Waals surface area contributed by atoms with Crippen molar-refractivity contribution in [3.63, 3.8) is 0 Å². The minimum Gasteiger partial charge on any atom is -0.486 e. The molecule has 0 saturated carbocycles. The summed E-state index contributed by atoms with van der Waals surface area (Å²) < 4.78 is 10.9. The van der Waals surface area contributed by atoms with Crippen LogP contribution in [0.5, 0.6) is 11.5 Å². The first kappa shape index (κ1) is 16.9. The van der Waals surface area contributed by atoms with Crippen LogP contribution < -0.4 is 20.1 Å². The third-order valence-corrected chi connectivity index (χ3v) is 3.29.